The molecule has 1 aromatic carbocycles. The van der Waals surface area contributed by atoms with Crippen LogP contribution in [0, 0.1) is 11.6 Å². The van der Waals surface area contributed by atoms with E-state index < -0.39 is 17.2 Å². The van der Waals surface area contributed by atoms with E-state index in [1.54, 1.807) is 6.07 Å². The summed E-state index contributed by atoms with van der Waals surface area (Å²) in [5.41, 5.74) is 1.20. The fraction of sp³-hybridized carbons (Fsp3) is 0.435. The van der Waals surface area contributed by atoms with Crippen LogP contribution in [0.5, 0.6) is 5.88 Å². The topological polar surface area (TPSA) is 78.7 Å². The van der Waals surface area contributed by atoms with Crippen molar-refractivity contribution in [3.8, 4) is 17.0 Å². The van der Waals surface area contributed by atoms with Gasteiger partial charge in [-0.25, -0.2) is 18.7 Å². The van der Waals surface area contributed by atoms with E-state index in [-0.39, 0.29) is 19.0 Å². The molecule has 33 heavy (non-hydrogen) atoms. The van der Waals surface area contributed by atoms with Crippen molar-refractivity contribution in [3.63, 3.8) is 0 Å². The molecule has 2 aromatic heterocycles. The summed E-state index contributed by atoms with van der Waals surface area (Å²) >= 11 is 0. The summed E-state index contributed by atoms with van der Waals surface area (Å²) in [4.78, 5) is 24.1. The highest BCUT2D eigenvalue weighted by molar-refractivity contribution is 5.89. The second-order valence-electron chi connectivity index (χ2n) is 7.53. The Balaban J connectivity index is 1.72. The molecule has 10 heteroatoms. The molecule has 0 amide bonds. The van der Waals surface area contributed by atoms with Gasteiger partial charge < -0.3 is 14.2 Å². The van der Waals surface area contributed by atoms with Gasteiger partial charge in [0, 0.05) is 38.0 Å². The fourth-order valence-corrected chi connectivity index (χ4v) is 3.71. The Bertz CT molecular complexity index is 1170. The Labute approximate surface area is 189 Å². The van der Waals surface area contributed by atoms with Crippen molar-refractivity contribution < 1.29 is 23.0 Å². The smallest absolute Gasteiger partial charge is 0.315 e. The third-order valence-corrected chi connectivity index (χ3v) is 5.45. The number of hydrogen-bond acceptors (Lipinski definition) is 7. The molecule has 0 saturated carbocycles. The monoisotopic (exact) mass is 460 g/mol. The average Bonchev–Trinajstić information content (AvgIpc) is 2.83. The van der Waals surface area contributed by atoms with E-state index >= 15 is 0 Å². The van der Waals surface area contributed by atoms with Crippen LogP contribution in [0.1, 0.15) is 6.92 Å². The van der Waals surface area contributed by atoms with Crippen molar-refractivity contribution in [3.05, 3.63) is 52.5 Å². The summed E-state index contributed by atoms with van der Waals surface area (Å²) < 4.78 is 45.4. The molecule has 0 aliphatic carbocycles. The first kappa shape index (κ1) is 23.2. The van der Waals surface area contributed by atoms with Gasteiger partial charge in [-0.2, -0.15) is 0 Å². The largest absolute Gasteiger partial charge is 0.472 e. The molecule has 1 saturated heterocycles. The Hall–Kier alpha value is -2.95. The molecule has 1 aliphatic rings. The minimum absolute atomic E-state index is 0.0657. The molecule has 0 spiro atoms. The van der Waals surface area contributed by atoms with Crippen molar-refractivity contribution in [2.45, 2.75) is 13.5 Å². The minimum Gasteiger partial charge on any atom is -0.472 e. The van der Waals surface area contributed by atoms with Gasteiger partial charge in [-0.15, -0.1) is 0 Å². The van der Waals surface area contributed by atoms with E-state index in [4.69, 9.17) is 14.2 Å². The summed E-state index contributed by atoms with van der Waals surface area (Å²) in [6, 6.07) is 5.27. The normalized spacial score (nSPS) is 14.6. The van der Waals surface area contributed by atoms with Gasteiger partial charge in [0.25, 0.3) is 5.88 Å². The Kier molecular flexibility index (Phi) is 7.58. The van der Waals surface area contributed by atoms with Gasteiger partial charge in [0.1, 0.15) is 12.1 Å². The first-order chi connectivity index (χ1) is 16.1. The third kappa shape index (κ3) is 5.35. The van der Waals surface area contributed by atoms with Crippen molar-refractivity contribution >= 4 is 11.2 Å². The van der Waals surface area contributed by atoms with E-state index in [0.29, 0.717) is 55.3 Å². The zero-order valence-electron chi connectivity index (χ0n) is 18.4. The van der Waals surface area contributed by atoms with Crippen molar-refractivity contribution in [1.29, 1.82) is 0 Å². The highest BCUT2D eigenvalue weighted by Gasteiger charge is 2.18. The highest BCUT2D eigenvalue weighted by atomic mass is 19.2. The quantitative estimate of drug-likeness (QED) is 0.454. The third-order valence-electron chi connectivity index (χ3n) is 5.45. The lowest BCUT2D eigenvalue weighted by molar-refractivity contribution is 0.0319. The van der Waals surface area contributed by atoms with E-state index in [1.807, 2.05) is 6.92 Å². The van der Waals surface area contributed by atoms with E-state index in [2.05, 4.69) is 14.9 Å². The van der Waals surface area contributed by atoms with Crippen LogP contribution in [-0.2, 0) is 16.0 Å². The maximum absolute atomic E-state index is 13.9. The number of pyridine rings is 1. The molecule has 0 N–H and O–H groups in total. The van der Waals surface area contributed by atoms with Crippen LogP contribution in [0.2, 0.25) is 0 Å². The van der Waals surface area contributed by atoms with E-state index in [1.165, 1.54) is 16.8 Å². The molecule has 3 aromatic rings. The van der Waals surface area contributed by atoms with E-state index in [0.717, 1.165) is 25.2 Å². The summed E-state index contributed by atoms with van der Waals surface area (Å²) in [6.45, 7) is 6.78. The second kappa shape index (κ2) is 10.8. The molecular weight excluding hydrogens is 434 g/mol. The number of nitrogens with zero attached hydrogens (tertiary/aromatic N) is 4. The van der Waals surface area contributed by atoms with Crippen molar-refractivity contribution in [2.75, 3.05) is 52.7 Å². The molecule has 176 valence electrons. The fourth-order valence-electron chi connectivity index (χ4n) is 3.71. The minimum atomic E-state index is -0.968. The Morgan fingerprint density at radius 2 is 1.91 bits per heavy atom. The molecule has 1 fully saturated rings. The number of rotatable bonds is 9. The van der Waals surface area contributed by atoms with Gasteiger partial charge in [-0.1, -0.05) is 6.07 Å². The predicted octanol–water partition coefficient (Wildman–Crippen LogP) is 2.48. The lowest BCUT2D eigenvalue weighted by Gasteiger charge is -2.26. The Morgan fingerprint density at radius 3 is 2.67 bits per heavy atom. The van der Waals surface area contributed by atoms with Crippen LogP contribution in [0.3, 0.4) is 0 Å². The number of fused-ring (bicyclic) bond motifs is 1. The molecule has 3 heterocycles. The molecule has 8 nitrogen and oxygen atoms in total. The van der Waals surface area contributed by atoms with Crippen molar-refractivity contribution in [2.24, 2.45) is 0 Å². The van der Waals surface area contributed by atoms with Gasteiger partial charge in [0.15, 0.2) is 17.3 Å². The van der Waals surface area contributed by atoms with Gasteiger partial charge in [0.2, 0.25) is 0 Å². The maximum atomic E-state index is 13.9. The predicted molar refractivity (Wildman–Crippen MR) is 118 cm³/mol. The summed E-state index contributed by atoms with van der Waals surface area (Å²) in [7, 11) is 0. The van der Waals surface area contributed by atoms with Gasteiger partial charge in [0.05, 0.1) is 26.4 Å². The van der Waals surface area contributed by atoms with Crippen LogP contribution in [0.15, 0.2) is 35.3 Å². The number of morpholine rings is 1. The molecule has 1 aliphatic heterocycles. The second-order valence-corrected chi connectivity index (χ2v) is 7.53. The molecule has 0 bridgehead atoms. The Morgan fingerprint density at radius 1 is 1.09 bits per heavy atom. The van der Waals surface area contributed by atoms with Crippen LogP contribution in [0.4, 0.5) is 8.78 Å². The highest BCUT2D eigenvalue weighted by Crippen LogP contribution is 2.27. The molecule has 0 unspecified atom stereocenters. The van der Waals surface area contributed by atoms with Gasteiger partial charge in [-0.3, -0.25) is 14.3 Å². The lowest BCUT2D eigenvalue weighted by atomic mass is 10.1. The van der Waals surface area contributed by atoms with Crippen LogP contribution < -0.4 is 10.3 Å². The number of aromatic nitrogens is 3. The van der Waals surface area contributed by atoms with E-state index in [9.17, 15) is 13.6 Å². The average molecular weight is 460 g/mol. The number of benzene rings is 1. The first-order valence-electron chi connectivity index (χ1n) is 10.9. The summed E-state index contributed by atoms with van der Waals surface area (Å²) in [5, 5.41) is 0. The number of halogens is 2. The zero-order chi connectivity index (χ0) is 23.2. The molecule has 0 radical (unpaired) electrons. The SMILES string of the molecule is CCOCCn1c(=O)c(OCCN2CCOCC2)nc2c(-c3ccc(F)c(F)c3)ccnc21. The summed E-state index contributed by atoms with van der Waals surface area (Å²) in [6.07, 6.45) is 1.51. The van der Waals surface area contributed by atoms with Crippen LogP contribution in [0.25, 0.3) is 22.3 Å². The molecular formula is C23H26F2N4O4. The number of ether oxygens (including phenoxy) is 3. The number of hydrogen-bond donors (Lipinski definition) is 0. The first-order valence-corrected chi connectivity index (χ1v) is 10.9. The maximum Gasteiger partial charge on any atom is 0.315 e. The summed E-state index contributed by atoms with van der Waals surface area (Å²) in [5.74, 6) is -1.97. The lowest BCUT2D eigenvalue weighted by Crippen LogP contribution is -2.39. The van der Waals surface area contributed by atoms with Gasteiger partial charge in [-0.05, 0) is 30.7 Å². The zero-order valence-corrected chi connectivity index (χ0v) is 18.4. The standard InChI is InChI=1S/C23H26F2N4O4/c1-2-31-13-10-29-21-20(17(5-6-26-21)16-3-4-18(24)19(25)15-16)27-22(23(29)30)33-14-9-28-7-11-32-12-8-28/h3-6,15H,2,7-14H2,1H3. The molecule has 4 rings (SSSR count). The van der Waals surface area contributed by atoms with Crippen LogP contribution >= 0.6 is 0 Å². The van der Waals surface area contributed by atoms with Crippen molar-refractivity contribution in [1.82, 2.24) is 19.4 Å². The molecule has 0 atom stereocenters. The van der Waals surface area contributed by atoms with Gasteiger partial charge >= 0.3 is 5.56 Å². The van der Waals surface area contributed by atoms with Crippen LogP contribution in [-0.4, -0.2) is 72.1 Å².